The van der Waals surface area contributed by atoms with E-state index in [0.29, 0.717) is 17.6 Å². The number of thiophene rings is 1. The molecule has 0 radical (unpaired) electrons. The summed E-state index contributed by atoms with van der Waals surface area (Å²) in [6, 6.07) is 77.1. The van der Waals surface area contributed by atoms with Gasteiger partial charge in [0.05, 0.1) is 22.1 Å². The molecule has 0 spiro atoms. The summed E-state index contributed by atoms with van der Waals surface area (Å²) < 4.78 is 7.08. The van der Waals surface area contributed by atoms with Crippen LogP contribution < -0.4 is 0 Å². The molecule has 0 unspecified atom stereocenters. The first-order valence-electron chi connectivity index (χ1n) is 23.9. The maximum absolute atomic E-state index is 5.52. The van der Waals surface area contributed by atoms with Crippen LogP contribution >= 0.6 is 11.3 Å². The number of fused-ring (bicyclic) bond motifs is 14. The van der Waals surface area contributed by atoms with Crippen LogP contribution in [-0.4, -0.2) is 24.1 Å². The first kappa shape index (κ1) is 39.3. The summed E-state index contributed by atoms with van der Waals surface area (Å²) in [5.41, 5.74) is 14.8. The van der Waals surface area contributed by atoms with E-state index in [1.54, 1.807) is 11.3 Å². The number of aromatic nitrogens is 5. The van der Waals surface area contributed by atoms with Crippen LogP contribution in [0, 0.1) is 0 Å². The Kier molecular flexibility index (Phi) is 8.22. The zero-order chi connectivity index (χ0) is 46.2. The zero-order valence-electron chi connectivity index (χ0n) is 38.4. The average Bonchev–Trinajstić information content (AvgIpc) is 4.13. The fourth-order valence-corrected chi connectivity index (χ4v) is 12.9. The average molecular weight is 912 g/mol. The van der Waals surface area contributed by atoms with E-state index in [2.05, 4.69) is 229 Å². The molecule has 0 saturated heterocycles. The van der Waals surface area contributed by atoms with Crippen LogP contribution in [0.25, 0.3) is 131 Å². The molecule has 0 saturated carbocycles. The highest BCUT2D eigenvalue weighted by Gasteiger charge is 2.38. The van der Waals surface area contributed by atoms with E-state index in [4.69, 9.17) is 15.0 Å². The maximum Gasteiger partial charge on any atom is 0.238 e. The minimum Gasteiger partial charge on any atom is -0.309 e. The van der Waals surface area contributed by atoms with Crippen LogP contribution in [0.5, 0.6) is 0 Å². The lowest BCUT2D eigenvalue weighted by Crippen LogP contribution is -2.15. The number of para-hydroxylation sites is 2. The first-order chi connectivity index (χ1) is 34.5. The largest absolute Gasteiger partial charge is 0.309 e. The second-order valence-corrected chi connectivity index (χ2v) is 20.2. The third-order valence-corrected chi connectivity index (χ3v) is 16.2. The van der Waals surface area contributed by atoms with Crippen molar-refractivity contribution in [1.29, 1.82) is 0 Å². The van der Waals surface area contributed by atoms with Crippen LogP contribution in [0.1, 0.15) is 25.0 Å². The van der Waals surface area contributed by atoms with Crippen LogP contribution in [-0.2, 0) is 5.41 Å². The number of hydrogen-bond donors (Lipinski definition) is 0. The molecule has 0 N–H and O–H groups in total. The number of rotatable bonds is 5. The van der Waals surface area contributed by atoms with E-state index in [1.165, 1.54) is 75.0 Å². The lowest BCUT2D eigenvalue weighted by molar-refractivity contribution is 0.667. The van der Waals surface area contributed by atoms with Crippen molar-refractivity contribution in [2.45, 2.75) is 19.3 Å². The highest BCUT2D eigenvalue weighted by molar-refractivity contribution is 7.26. The second kappa shape index (κ2) is 14.6. The molecule has 10 aromatic carbocycles. The monoisotopic (exact) mass is 911 g/mol. The van der Waals surface area contributed by atoms with Gasteiger partial charge in [0, 0.05) is 63.9 Å². The predicted octanol–water partition coefficient (Wildman–Crippen LogP) is 16.9. The highest BCUT2D eigenvalue weighted by Crippen LogP contribution is 2.53. The highest BCUT2D eigenvalue weighted by atomic mass is 32.1. The van der Waals surface area contributed by atoms with Crippen molar-refractivity contribution in [2.24, 2.45) is 0 Å². The van der Waals surface area contributed by atoms with E-state index in [0.717, 1.165) is 49.7 Å². The topological polar surface area (TPSA) is 48.5 Å². The molecule has 0 amide bonds. The van der Waals surface area contributed by atoms with Gasteiger partial charge in [0.15, 0.2) is 11.6 Å². The third-order valence-electron chi connectivity index (χ3n) is 14.9. The van der Waals surface area contributed by atoms with Gasteiger partial charge < -0.3 is 4.57 Å². The Labute approximate surface area is 407 Å². The van der Waals surface area contributed by atoms with Crippen molar-refractivity contribution >= 4 is 85.9 Å². The predicted molar refractivity (Wildman–Crippen MR) is 293 cm³/mol. The third kappa shape index (κ3) is 5.62. The zero-order valence-corrected chi connectivity index (χ0v) is 39.2. The number of nitrogens with zero attached hydrogens (tertiary/aromatic N) is 5. The molecule has 1 aliphatic rings. The van der Waals surface area contributed by atoms with Crippen molar-refractivity contribution < 1.29 is 0 Å². The molecule has 0 atom stereocenters. The van der Waals surface area contributed by atoms with E-state index in [1.807, 2.05) is 6.07 Å². The Bertz CT molecular complexity index is 4500. The van der Waals surface area contributed by atoms with Crippen molar-refractivity contribution in [1.82, 2.24) is 24.1 Å². The standard InChI is InChI=1S/C64H41N5S/c1-64(2)53-37-57-52(36-49(53)46-31-28-38-16-9-10-21-43(38)59(46)64)51-35-41(40-29-32-55-50(34-40)44-22-11-13-26-54(44)68(55)42-19-7-4-8-20-42)30-33-56(51)69(57)63-66-61(39-17-5-3-6-18-39)65-62(67-63)48-25-15-24-47-45-23-12-14-27-58(45)70-60(47)48/h3-37H,1-2H3. The summed E-state index contributed by atoms with van der Waals surface area (Å²) in [7, 11) is 0. The molecular weight excluding hydrogens is 871 g/mol. The normalized spacial score (nSPS) is 13.1. The molecule has 328 valence electrons. The summed E-state index contributed by atoms with van der Waals surface area (Å²) in [4.78, 5) is 16.2. The molecule has 70 heavy (non-hydrogen) atoms. The van der Waals surface area contributed by atoms with Crippen LogP contribution in [0.4, 0.5) is 0 Å². The summed E-state index contributed by atoms with van der Waals surface area (Å²) in [5.74, 6) is 1.87. The molecule has 4 aromatic heterocycles. The summed E-state index contributed by atoms with van der Waals surface area (Å²) in [6.45, 7) is 4.76. The number of benzene rings is 10. The minimum absolute atomic E-state index is 0.267. The van der Waals surface area contributed by atoms with Gasteiger partial charge in [-0.1, -0.05) is 159 Å². The molecule has 0 fully saturated rings. The molecular formula is C64H41N5S. The van der Waals surface area contributed by atoms with Gasteiger partial charge in [-0.15, -0.1) is 11.3 Å². The van der Waals surface area contributed by atoms with Gasteiger partial charge in [-0.05, 0) is 111 Å². The maximum atomic E-state index is 5.52. The molecule has 5 nitrogen and oxygen atoms in total. The fourth-order valence-electron chi connectivity index (χ4n) is 11.7. The van der Waals surface area contributed by atoms with Crippen molar-refractivity contribution in [3.63, 3.8) is 0 Å². The van der Waals surface area contributed by atoms with Gasteiger partial charge in [-0.2, -0.15) is 9.97 Å². The van der Waals surface area contributed by atoms with E-state index in [9.17, 15) is 0 Å². The van der Waals surface area contributed by atoms with Crippen molar-refractivity contribution in [3.05, 3.63) is 223 Å². The summed E-state index contributed by atoms with van der Waals surface area (Å²) >= 11 is 1.79. The SMILES string of the molecule is CC1(C)c2cc3c(cc2-c2ccc4ccccc4c21)c1cc(-c2ccc4c(c2)c2ccccc2n4-c2ccccc2)ccc1n3-c1nc(-c2ccccc2)nc(-c2cccc3c2sc2ccccc23)n1. The molecule has 1 aliphatic carbocycles. The van der Waals surface area contributed by atoms with E-state index in [-0.39, 0.29) is 5.41 Å². The Balaban J connectivity index is 1.00. The smallest absolute Gasteiger partial charge is 0.238 e. The lowest BCUT2D eigenvalue weighted by Gasteiger charge is -2.23. The molecule has 4 heterocycles. The Morgan fingerprint density at radius 3 is 1.83 bits per heavy atom. The summed E-state index contributed by atoms with van der Waals surface area (Å²) in [6.07, 6.45) is 0. The van der Waals surface area contributed by atoms with Gasteiger partial charge in [0.1, 0.15) is 0 Å². The van der Waals surface area contributed by atoms with Gasteiger partial charge in [-0.25, -0.2) is 4.98 Å². The Morgan fingerprint density at radius 1 is 0.386 bits per heavy atom. The quantitative estimate of drug-likeness (QED) is 0.173. The van der Waals surface area contributed by atoms with E-state index >= 15 is 0 Å². The van der Waals surface area contributed by atoms with Gasteiger partial charge in [-0.3, -0.25) is 4.57 Å². The molecule has 15 rings (SSSR count). The molecule has 14 aromatic rings. The summed E-state index contributed by atoms with van der Waals surface area (Å²) in [5, 5.41) is 9.77. The Morgan fingerprint density at radius 2 is 1.01 bits per heavy atom. The van der Waals surface area contributed by atoms with Gasteiger partial charge >= 0.3 is 0 Å². The second-order valence-electron chi connectivity index (χ2n) is 19.2. The number of hydrogen-bond acceptors (Lipinski definition) is 4. The van der Waals surface area contributed by atoms with E-state index < -0.39 is 0 Å². The lowest BCUT2D eigenvalue weighted by atomic mass is 9.80. The molecule has 0 bridgehead atoms. The van der Waals surface area contributed by atoms with Crippen molar-refractivity contribution in [3.8, 4) is 56.7 Å². The van der Waals surface area contributed by atoms with Crippen molar-refractivity contribution in [2.75, 3.05) is 0 Å². The first-order valence-corrected chi connectivity index (χ1v) is 24.7. The Hall–Kier alpha value is -8.71. The van der Waals surface area contributed by atoms with Gasteiger partial charge in [0.25, 0.3) is 0 Å². The fraction of sp³-hybridized carbons (Fsp3) is 0.0469. The molecule has 0 aliphatic heterocycles. The minimum atomic E-state index is -0.267. The van der Waals surface area contributed by atoms with Crippen LogP contribution in [0.3, 0.4) is 0 Å². The van der Waals surface area contributed by atoms with Crippen LogP contribution in [0.2, 0.25) is 0 Å². The van der Waals surface area contributed by atoms with Gasteiger partial charge in [0.2, 0.25) is 5.95 Å². The molecule has 6 heteroatoms. The van der Waals surface area contributed by atoms with Crippen LogP contribution in [0.15, 0.2) is 212 Å².